The van der Waals surface area contributed by atoms with Crippen LogP contribution in [0.15, 0.2) is 5.38 Å². The molecule has 0 unspecified atom stereocenters. The largest absolute Gasteiger partial charge is 0.382 e. The summed E-state index contributed by atoms with van der Waals surface area (Å²) >= 11 is 8.04. The van der Waals surface area contributed by atoms with Gasteiger partial charge in [0.15, 0.2) is 11.6 Å². The van der Waals surface area contributed by atoms with Crippen molar-refractivity contribution in [1.82, 2.24) is 0 Å². The third-order valence-corrected chi connectivity index (χ3v) is 6.63. The Morgan fingerprint density at radius 2 is 1.35 bits per heavy atom. The van der Waals surface area contributed by atoms with E-state index < -0.39 is 52.9 Å². The normalized spacial score (nSPS) is 24.4. The molecule has 0 aliphatic heterocycles. The van der Waals surface area contributed by atoms with Crippen LogP contribution in [0.3, 0.4) is 0 Å². The third kappa shape index (κ3) is 2.31. The van der Waals surface area contributed by atoms with Gasteiger partial charge < -0.3 is 0 Å². The minimum absolute atomic E-state index is 0.254. The number of Topliss-reactive ketones (excluding diaryl/α,β-unsaturated/α-hetero) is 2. The van der Waals surface area contributed by atoms with Gasteiger partial charge in [-0.15, -0.1) is 11.3 Å². The zero-order valence-corrected chi connectivity index (χ0v) is 15.4. The van der Waals surface area contributed by atoms with Gasteiger partial charge in [0, 0.05) is 10.9 Å². The van der Waals surface area contributed by atoms with Crippen LogP contribution in [0.2, 0.25) is 5.02 Å². The summed E-state index contributed by atoms with van der Waals surface area (Å²) in [6.45, 7) is 0. The van der Waals surface area contributed by atoms with E-state index in [-0.39, 0.29) is 7.91 Å². The summed E-state index contributed by atoms with van der Waals surface area (Å²) in [5, 5.41) is 0.653. The first kappa shape index (κ1) is 21.7. The standard InChI is InChI=1S/C12H3ClF9IO2S/c13-6-3(2-26-7(6)23)4(24)1-5(25)8(14)9(15,16)11(19,20)12(21,22)10(8,17)18/h2H,1H2. The molecule has 0 amide bonds. The Morgan fingerprint density at radius 1 is 0.923 bits per heavy atom. The molecule has 1 aromatic heterocycles. The van der Waals surface area contributed by atoms with Crippen LogP contribution in [0.4, 0.5) is 39.5 Å². The molecule has 0 saturated heterocycles. The van der Waals surface area contributed by atoms with E-state index in [0.29, 0.717) is 0 Å². The summed E-state index contributed by atoms with van der Waals surface area (Å²) in [7, 11) is 0. The topological polar surface area (TPSA) is 34.1 Å². The number of carbonyl (C=O) groups excluding carboxylic acids is 2. The second-order valence-corrected chi connectivity index (χ2v) is 8.28. The van der Waals surface area contributed by atoms with Crippen LogP contribution < -0.4 is 0 Å². The number of carbonyl (C=O) groups is 2. The molecule has 1 saturated carbocycles. The van der Waals surface area contributed by atoms with Gasteiger partial charge >= 0.3 is 29.4 Å². The number of alkyl halides is 9. The highest BCUT2D eigenvalue weighted by Crippen LogP contribution is 2.69. The van der Waals surface area contributed by atoms with Crippen LogP contribution in [-0.2, 0) is 4.79 Å². The number of rotatable bonds is 4. The summed E-state index contributed by atoms with van der Waals surface area (Å²) in [5.41, 5.74) is -6.85. The SMILES string of the molecule is O=C(CC(=O)C1(F)C(F)(F)C(F)(F)C(F)(F)C1(F)F)c1csc(I)c1Cl. The van der Waals surface area contributed by atoms with Gasteiger partial charge in [-0.3, -0.25) is 9.59 Å². The number of ketones is 2. The smallest absolute Gasteiger partial charge is 0.295 e. The van der Waals surface area contributed by atoms with E-state index in [1.165, 1.54) is 0 Å². The predicted molar refractivity (Wildman–Crippen MR) is 79.6 cm³/mol. The molecule has 0 N–H and O–H groups in total. The summed E-state index contributed by atoms with van der Waals surface area (Å²) in [6.07, 6.45) is -2.10. The lowest BCUT2D eigenvalue weighted by atomic mass is 9.88. The molecule has 146 valence electrons. The summed E-state index contributed by atoms with van der Waals surface area (Å²) < 4.78 is 121. The Morgan fingerprint density at radius 3 is 1.69 bits per heavy atom. The van der Waals surface area contributed by atoms with Gasteiger partial charge in [-0.25, -0.2) is 4.39 Å². The molecule has 1 aliphatic rings. The van der Waals surface area contributed by atoms with Gasteiger partial charge in [0.2, 0.25) is 0 Å². The monoisotopic (exact) mass is 544 g/mol. The Hall–Kier alpha value is -0.570. The fourth-order valence-corrected chi connectivity index (χ4v) is 3.96. The highest BCUT2D eigenvalue weighted by Gasteiger charge is 3.02. The summed E-state index contributed by atoms with van der Waals surface area (Å²) in [5.74, 6) is -31.9. The minimum atomic E-state index is -6.87. The fraction of sp³-hybridized carbons (Fsp3) is 0.500. The quantitative estimate of drug-likeness (QED) is 0.220. The van der Waals surface area contributed by atoms with E-state index in [0.717, 1.165) is 16.7 Å². The van der Waals surface area contributed by atoms with Crippen LogP contribution in [-0.4, -0.2) is 40.9 Å². The van der Waals surface area contributed by atoms with Crippen LogP contribution in [0, 0.1) is 2.88 Å². The number of hydrogen-bond acceptors (Lipinski definition) is 3. The lowest BCUT2D eigenvalue weighted by Crippen LogP contribution is -2.60. The van der Waals surface area contributed by atoms with Crippen molar-refractivity contribution in [2.75, 3.05) is 0 Å². The maximum Gasteiger partial charge on any atom is 0.382 e. The number of thiophene rings is 1. The molecule has 0 aromatic carbocycles. The van der Waals surface area contributed by atoms with Gasteiger partial charge in [-0.1, -0.05) is 11.6 Å². The molecule has 1 aromatic rings. The Labute approximate surface area is 160 Å². The molecular formula is C12H3ClF9IO2S. The molecule has 1 aliphatic carbocycles. The number of hydrogen-bond donors (Lipinski definition) is 0. The van der Waals surface area contributed by atoms with Crippen molar-refractivity contribution in [3.63, 3.8) is 0 Å². The third-order valence-electron chi connectivity index (χ3n) is 3.74. The van der Waals surface area contributed by atoms with Crippen LogP contribution in [0.5, 0.6) is 0 Å². The Kier molecular flexibility index (Phi) is 4.98. The zero-order valence-electron chi connectivity index (χ0n) is 11.7. The van der Waals surface area contributed by atoms with E-state index in [4.69, 9.17) is 11.6 Å². The van der Waals surface area contributed by atoms with Gasteiger partial charge in [-0.05, 0) is 22.6 Å². The zero-order chi connectivity index (χ0) is 20.5. The van der Waals surface area contributed by atoms with Gasteiger partial charge in [0.1, 0.15) is 0 Å². The van der Waals surface area contributed by atoms with E-state index in [1.54, 1.807) is 22.6 Å². The molecular weight excluding hydrogens is 542 g/mol. The fourth-order valence-electron chi connectivity index (χ4n) is 2.25. The van der Waals surface area contributed by atoms with Crippen molar-refractivity contribution < 1.29 is 49.1 Å². The Bertz CT molecular complexity index is 766. The van der Waals surface area contributed by atoms with Crippen LogP contribution in [0.1, 0.15) is 16.8 Å². The van der Waals surface area contributed by atoms with Crippen molar-refractivity contribution in [2.24, 2.45) is 0 Å². The molecule has 26 heavy (non-hydrogen) atoms. The van der Waals surface area contributed by atoms with Crippen LogP contribution >= 0.6 is 45.5 Å². The van der Waals surface area contributed by atoms with Crippen molar-refractivity contribution in [3.8, 4) is 0 Å². The molecule has 2 rings (SSSR count). The van der Waals surface area contributed by atoms with Gasteiger partial charge in [-0.2, -0.15) is 35.1 Å². The summed E-state index contributed by atoms with van der Waals surface area (Å²) in [6, 6.07) is 0. The highest BCUT2D eigenvalue weighted by atomic mass is 127. The molecule has 0 bridgehead atoms. The van der Waals surface area contributed by atoms with Crippen molar-refractivity contribution >= 4 is 57.1 Å². The molecule has 1 fully saturated rings. The molecule has 0 atom stereocenters. The minimum Gasteiger partial charge on any atom is -0.295 e. The van der Waals surface area contributed by atoms with E-state index in [9.17, 15) is 49.1 Å². The molecule has 14 heteroatoms. The molecule has 0 spiro atoms. The van der Waals surface area contributed by atoms with Crippen LogP contribution in [0.25, 0.3) is 0 Å². The first-order chi connectivity index (χ1) is 11.5. The van der Waals surface area contributed by atoms with E-state index in [2.05, 4.69) is 0 Å². The van der Waals surface area contributed by atoms with Crippen molar-refractivity contribution in [1.29, 1.82) is 0 Å². The highest BCUT2D eigenvalue weighted by molar-refractivity contribution is 14.1. The molecule has 2 nitrogen and oxygen atoms in total. The maximum atomic E-state index is 14.2. The second kappa shape index (κ2) is 5.96. The molecule has 0 radical (unpaired) electrons. The molecule has 1 heterocycles. The summed E-state index contributed by atoms with van der Waals surface area (Å²) in [4.78, 5) is 23.4. The van der Waals surface area contributed by atoms with Gasteiger partial charge in [0.25, 0.3) is 0 Å². The maximum absolute atomic E-state index is 14.2. The second-order valence-electron chi connectivity index (χ2n) is 5.22. The lowest BCUT2D eigenvalue weighted by molar-refractivity contribution is -0.303. The van der Waals surface area contributed by atoms with Crippen molar-refractivity contribution in [2.45, 2.75) is 35.8 Å². The van der Waals surface area contributed by atoms with E-state index in [1.807, 2.05) is 0 Å². The lowest BCUT2D eigenvalue weighted by Gasteiger charge is -2.29. The Balaban J connectivity index is 2.50. The van der Waals surface area contributed by atoms with Crippen molar-refractivity contribution in [3.05, 3.63) is 18.9 Å². The van der Waals surface area contributed by atoms with Gasteiger partial charge in [0.05, 0.1) is 14.3 Å². The average Bonchev–Trinajstić information content (AvgIpc) is 2.86. The number of halogens is 11. The first-order valence-corrected chi connectivity index (χ1v) is 8.51. The van der Waals surface area contributed by atoms with E-state index >= 15 is 0 Å². The average molecular weight is 545 g/mol. The first-order valence-electron chi connectivity index (χ1n) is 6.17. The predicted octanol–water partition coefficient (Wildman–Crippen LogP) is 5.41.